The van der Waals surface area contributed by atoms with Gasteiger partial charge in [-0.15, -0.1) is 0 Å². The van der Waals surface area contributed by atoms with E-state index in [0.717, 1.165) is 24.0 Å². The Hall–Kier alpha value is -2.99. The van der Waals surface area contributed by atoms with Gasteiger partial charge in [-0.05, 0) is 37.6 Å². The first-order valence-corrected chi connectivity index (χ1v) is 9.76. The summed E-state index contributed by atoms with van der Waals surface area (Å²) in [5, 5.41) is 8.46. The third kappa shape index (κ3) is 3.43. The lowest BCUT2D eigenvalue weighted by atomic mass is 10.1. The molecule has 2 heterocycles. The Labute approximate surface area is 163 Å². The minimum Gasteiger partial charge on any atom is -0.335 e. The van der Waals surface area contributed by atoms with E-state index in [1.807, 2.05) is 43.3 Å². The lowest BCUT2D eigenvalue weighted by molar-refractivity contribution is 0.0743. The topological polar surface area (TPSA) is 67.2 Å². The molecule has 1 aromatic heterocycles. The van der Waals surface area contributed by atoms with Gasteiger partial charge in [-0.3, -0.25) is 14.3 Å². The molecule has 0 aliphatic carbocycles. The Morgan fingerprint density at radius 1 is 1.14 bits per heavy atom. The molecule has 1 fully saturated rings. The molecule has 0 bridgehead atoms. The maximum Gasteiger partial charge on any atom is 0.278 e. The van der Waals surface area contributed by atoms with Crippen LogP contribution in [0.2, 0.25) is 0 Å². The Bertz CT molecular complexity index is 1050. The van der Waals surface area contributed by atoms with Crippen LogP contribution >= 0.6 is 0 Å². The van der Waals surface area contributed by atoms with Gasteiger partial charge in [-0.25, -0.2) is 0 Å². The lowest BCUT2D eigenvalue weighted by Crippen LogP contribution is -2.39. The van der Waals surface area contributed by atoms with Crippen molar-refractivity contribution in [3.05, 3.63) is 76.1 Å². The van der Waals surface area contributed by atoms with E-state index in [-0.39, 0.29) is 23.1 Å². The number of carbonyl (C=O) groups excluding carboxylic acids is 1. The fourth-order valence-corrected chi connectivity index (χ4v) is 3.78. The number of amides is 1. The number of aromatic nitrogens is 2. The molecule has 28 heavy (non-hydrogen) atoms. The number of carbonyl (C=O) groups is 1. The van der Waals surface area contributed by atoms with Crippen molar-refractivity contribution >= 4 is 16.8 Å². The number of hydrogen-bond donors (Lipinski definition) is 1. The van der Waals surface area contributed by atoms with Crippen molar-refractivity contribution in [2.75, 3.05) is 19.6 Å². The Kier molecular flexibility index (Phi) is 5.21. The highest BCUT2D eigenvalue weighted by atomic mass is 16.2. The van der Waals surface area contributed by atoms with Crippen molar-refractivity contribution in [1.82, 2.24) is 20.0 Å². The van der Waals surface area contributed by atoms with E-state index in [0.29, 0.717) is 25.0 Å². The van der Waals surface area contributed by atoms with Gasteiger partial charge >= 0.3 is 0 Å². The number of nitrogens with zero attached hydrogens (tertiary/aromatic N) is 3. The van der Waals surface area contributed by atoms with Gasteiger partial charge < -0.3 is 10.2 Å². The second kappa shape index (κ2) is 7.94. The largest absolute Gasteiger partial charge is 0.335 e. The highest BCUT2D eigenvalue weighted by Crippen LogP contribution is 2.18. The molecule has 1 unspecified atom stereocenters. The molecule has 6 nitrogen and oxygen atoms in total. The fourth-order valence-electron chi connectivity index (χ4n) is 3.78. The van der Waals surface area contributed by atoms with Crippen molar-refractivity contribution in [1.29, 1.82) is 0 Å². The first-order chi connectivity index (χ1) is 13.7. The minimum atomic E-state index is -0.293. The Balaban J connectivity index is 1.70. The number of fused-ring (bicyclic) bond motifs is 1. The van der Waals surface area contributed by atoms with Gasteiger partial charge in [0, 0.05) is 31.1 Å². The first-order valence-electron chi connectivity index (χ1n) is 9.76. The van der Waals surface area contributed by atoms with Crippen LogP contribution in [0.1, 0.15) is 35.4 Å². The van der Waals surface area contributed by atoms with Crippen LogP contribution < -0.4 is 10.7 Å². The summed E-state index contributed by atoms with van der Waals surface area (Å²) in [6.45, 7) is 4.50. The summed E-state index contributed by atoms with van der Waals surface area (Å²) in [7, 11) is 0. The summed E-state index contributed by atoms with van der Waals surface area (Å²) in [5.41, 5.74) is 1.61. The molecule has 1 atom stereocenters. The average Bonchev–Trinajstić information content (AvgIpc) is 3.01. The monoisotopic (exact) mass is 376 g/mol. The molecule has 0 saturated carbocycles. The maximum atomic E-state index is 13.3. The SMILES string of the molecule is CCn1nc(C(=O)N2CCCNC(c3ccccc3)C2)c(=O)c2ccccc21. The number of nitrogens with one attached hydrogen (secondary N) is 1. The van der Waals surface area contributed by atoms with Gasteiger partial charge in [0.25, 0.3) is 5.91 Å². The predicted molar refractivity (Wildman–Crippen MR) is 109 cm³/mol. The maximum absolute atomic E-state index is 13.3. The summed E-state index contributed by atoms with van der Waals surface area (Å²) in [4.78, 5) is 28.0. The number of benzene rings is 2. The quantitative estimate of drug-likeness (QED) is 0.763. The molecule has 1 aliphatic rings. The predicted octanol–water partition coefficient (Wildman–Crippen LogP) is 2.59. The molecular weight excluding hydrogens is 352 g/mol. The van der Waals surface area contributed by atoms with E-state index in [4.69, 9.17) is 0 Å². The standard InChI is InChI=1S/C22H24N4O2/c1-2-26-19-12-7-6-11-17(19)21(27)20(24-26)22(28)25-14-8-13-23-18(15-25)16-9-4-3-5-10-16/h3-7,9-12,18,23H,2,8,13-15H2,1H3. The Morgan fingerprint density at radius 2 is 1.89 bits per heavy atom. The highest BCUT2D eigenvalue weighted by Gasteiger charge is 2.27. The summed E-state index contributed by atoms with van der Waals surface area (Å²) in [6.07, 6.45) is 0.838. The first kappa shape index (κ1) is 18.4. The molecule has 1 saturated heterocycles. The molecule has 6 heteroatoms. The summed E-state index contributed by atoms with van der Waals surface area (Å²) in [5.74, 6) is -0.289. The van der Waals surface area contributed by atoms with E-state index >= 15 is 0 Å². The number of para-hydroxylation sites is 1. The van der Waals surface area contributed by atoms with Crippen molar-refractivity contribution in [3.63, 3.8) is 0 Å². The summed E-state index contributed by atoms with van der Waals surface area (Å²) in [6, 6.07) is 17.5. The molecule has 144 valence electrons. The summed E-state index contributed by atoms with van der Waals surface area (Å²) >= 11 is 0. The van der Waals surface area contributed by atoms with Crippen LogP contribution in [0, 0.1) is 0 Å². The molecule has 0 radical (unpaired) electrons. The molecule has 2 aromatic carbocycles. The zero-order chi connectivity index (χ0) is 19.5. The molecule has 0 spiro atoms. The van der Waals surface area contributed by atoms with Crippen molar-refractivity contribution in [3.8, 4) is 0 Å². The Morgan fingerprint density at radius 3 is 2.68 bits per heavy atom. The van der Waals surface area contributed by atoms with E-state index in [1.54, 1.807) is 15.6 Å². The smallest absolute Gasteiger partial charge is 0.278 e. The van der Waals surface area contributed by atoms with Gasteiger partial charge in [-0.1, -0.05) is 42.5 Å². The second-order valence-electron chi connectivity index (χ2n) is 7.03. The van der Waals surface area contributed by atoms with Crippen molar-refractivity contribution < 1.29 is 4.79 Å². The molecule has 1 amide bonds. The highest BCUT2D eigenvalue weighted by molar-refractivity contribution is 5.95. The van der Waals surface area contributed by atoms with Crippen LogP contribution in [0.3, 0.4) is 0 Å². The number of hydrogen-bond acceptors (Lipinski definition) is 4. The lowest BCUT2D eigenvalue weighted by Gasteiger charge is -2.24. The molecule has 1 N–H and O–H groups in total. The zero-order valence-electron chi connectivity index (χ0n) is 16.0. The van der Waals surface area contributed by atoms with Crippen LogP contribution in [-0.4, -0.2) is 40.2 Å². The van der Waals surface area contributed by atoms with Crippen molar-refractivity contribution in [2.45, 2.75) is 25.9 Å². The average molecular weight is 376 g/mol. The normalized spacial score (nSPS) is 17.5. The third-order valence-corrected chi connectivity index (χ3v) is 5.25. The minimum absolute atomic E-state index is 0.00858. The summed E-state index contributed by atoms with van der Waals surface area (Å²) < 4.78 is 1.73. The zero-order valence-corrected chi connectivity index (χ0v) is 16.0. The molecule has 1 aliphatic heterocycles. The van der Waals surface area contributed by atoms with Gasteiger partial charge in [0.1, 0.15) is 0 Å². The molecule has 3 aromatic rings. The van der Waals surface area contributed by atoms with Crippen LogP contribution in [0.15, 0.2) is 59.4 Å². The van der Waals surface area contributed by atoms with Crippen LogP contribution in [0.25, 0.3) is 10.9 Å². The van der Waals surface area contributed by atoms with Crippen LogP contribution in [0.5, 0.6) is 0 Å². The van der Waals surface area contributed by atoms with Gasteiger partial charge in [0.05, 0.1) is 5.52 Å². The van der Waals surface area contributed by atoms with E-state index in [1.165, 1.54) is 0 Å². The third-order valence-electron chi connectivity index (χ3n) is 5.25. The van der Waals surface area contributed by atoms with Gasteiger partial charge in [-0.2, -0.15) is 5.10 Å². The number of aryl methyl sites for hydroxylation is 1. The molecule has 4 rings (SSSR count). The fraction of sp³-hybridized carbons (Fsp3) is 0.318. The van der Waals surface area contributed by atoms with Gasteiger partial charge in [0.2, 0.25) is 5.43 Å². The van der Waals surface area contributed by atoms with Crippen LogP contribution in [0.4, 0.5) is 0 Å². The van der Waals surface area contributed by atoms with E-state index < -0.39 is 0 Å². The van der Waals surface area contributed by atoms with E-state index in [2.05, 4.69) is 22.5 Å². The van der Waals surface area contributed by atoms with Crippen LogP contribution in [-0.2, 0) is 6.54 Å². The van der Waals surface area contributed by atoms with Gasteiger partial charge in [0.15, 0.2) is 5.69 Å². The van der Waals surface area contributed by atoms with E-state index in [9.17, 15) is 9.59 Å². The number of rotatable bonds is 3. The molecular formula is C22H24N4O2. The van der Waals surface area contributed by atoms with Crippen molar-refractivity contribution in [2.24, 2.45) is 0 Å². The second-order valence-corrected chi connectivity index (χ2v) is 7.03.